The second-order valence-electron chi connectivity index (χ2n) is 11.2. The van der Waals surface area contributed by atoms with Crippen molar-refractivity contribution in [3.05, 3.63) is 131 Å². The van der Waals surface area contributed by atoms with Crippen LogP contribution >= 0.6 is 0 Å². The van der Waals surface area contributed by atoms with Crippen molar-refractivity contribution < 1.29 is 22.4 Å². The first-order valence-electron chi connectivity index (χ1n) is 14.5. The van der Waals surface area contributed by atoms with Crippen LogP contribution in [0, 0.1) is 19.7 Å². The number of carbonyl (C=O) groups excluding carboxylic acids is 2. The third-order valence-corrected chi connectivity index (χ3v) is 8.97. The summed E-state index contributed by atoms with van der Waals surface area (Å²) in [7, 11) is -4.25. The summed E-state index contributed by atoms with van der Waals surface area (Å²) in [4.78, 5) is 29.5. The van der Waals surface area contributed by atoms with Crippen LogP contribution < -0.4 is 9.62 Å². The van der Waals surface area contributed by atoms with E-state index in [0.717, 1.165) is 38.7 Å². The van der Waals surface area contributed by atoms with Gasteiger partial charge in [-0.05, 0) is 75.2 Å². The summed E-state index contributed by atoms with van der Waals surface area (Å²) in [6.07, 6.45) is 0.220. The summed E-state index contributed by atoms with van der Waals surface area (Å²) >= 11 is 0. The molecule has 1 N–H and O–H groups in total. The predicted molar refractivity (Wildman–Crippen MR) is 171 cm³/mol. The molecule has 4 aromatic carbocycles. The van der Waals surface area contributed by atoms with Crippen LogP contribution in [0.15, 0.2) is 108 Å². The lowest BCUT2D eigenvalue weighted by Crippen LogP contribution is -2.54. The number of rotatable bonds is 12. The quantitative estimate of drug-likeness (QED) is 0.218. The normalized spacial score (nSPS) is 12.0. The fourth-order valence-electron chi connectivity index (χ4n) is 4.80. The molecule has 0 aromatic heterocycles. The van der Waals surface area contributed by atoms with Gasteiger partial charge in [-0.1, -0.05) is 77.9 Å². The van der Waals surface area contributed by atoms with Crippen molar-refractivity contribution in [2.24, 2.45) is 0 Å². The molecule has 0 heterocycles. The number of hydrogen-bond donors (Lipinski definition) is 1. The molecule has 230 valence electrons. The minimum atomic E-state index is -4.25. The molecule has 7 nitrogen and oxygen atoms in total. The van der Waals surface area contributed by atoms with Crippen LogP contribution in [0.4, 0.5) is 10.1 Å². The Hall–Kier alpha value is -4.50. The van der Waals surface area contributed by atoms with Crippen molar-refractivity contribution in [2.75, 3.05) is 10.8 Å². The summed E-state index contributed by atoms with van der Waals surface area (Å²) in [6, 6.07) is 27.1. The fraction of sp³-hybridized carbons (Fsp3) is 0.257. The molecule has 9 heteroatoms. The molecule has 1 unspecified atom stereocenters. The number of carbonyl (C=O) groups is 2. The Balaban J connectivity index is 1.79. The maximum atomic E-state index is 14.4. The minimum absolute atomic E-state index is 0.0105. The van der Waals surface area contributed by atoms with Crippen LogP contribution in [0.1, 0.15) is 36.1 Å². The first kappa shape index (κ1) is 32.4. The average molecular weight is 616 g/mol. The summed E-state index contributed by atoms with van der Waals surface area (Å²) in [5.41, 5.74) is 3.67. The van der Waals surface area contributed by atoms with Gasteiger partial charge in [-0.15, -0.1) is 0 Å². The van der Waals surface area contributed by atoms with Gasteiger partial charge in [-0.25, -0.2) is 12.8 Å². The van der Waals surface area contributed by atoms with E-state index >= 15 is 0 Å². The van der Waals surface area contributed by atoms with E-state index in [9.17, 15) is 22.4 Å². The molecule has 2 amide bonds. The highest BCUT2D eigenvalue weighted by Gasteiger charge is 2.34. The zero-order chi connectivity index (χ0) is 31.9. The molecule has 0 aliphatic heterocycles. The summed E-state index contributed by atoms with van der Waals surface area (Å²) in [6.45, 7) is 6.95. The van der Waals surface area contributed by atoms with Crippen molar-refractivity contribution >= 4 is 27.5 Å². The van der Waals surface area contributed by atoms with Crippen LogP contribution in [-0.4, -0.2) is 43.8 Å². The van der Waals surface area contributed by atoms with Crippen LogP contribution in [0.5, 0.6) is 0 Å². The maximum Gasteiger partial charge on any atom is 0.264 e. The smallest absolute Gasteiger partial charge is 0.264 e. The van der Waals surface area contributed by atoms with Gasteiger partial charge in [-0.2, -0.15) is 0 Å². The summed E-state index contributed by atoms with van der Waals surface area (Å²) in [5.74, 6) is -1.47. The predicted octanol–water partition coefficient (Wildman–Crippen LogP) is 5.80. The molecule has 0 bridgehead atoms. The topological polar surface area (TPSA) is 86.8 Å². The molecule has 0 aliphatic carbocycles. The van der Waals surface area contributed by atoms with Crippen molar-refractivity contribution in [1.82, 2.24) is 10.2 Å². The van der Waals surface area contributed by atoms with Crippen LogP contribution in [0.3, 0.4) is 0 Å². The van der Waals surface area contributed by atoms with E-state index in [1.165, 1.54) is 29.2 Å². The molecule has 4 rings (SSSR count). The van der Waals surface area contributed by atoms with E-state index in [2.05, 4.69) is 5.32 Å². The number of nitrogens with one attached hydrogen (secondary N) is 1. The zero-order valence-corrected chi connectivity index (χ0v) is 26.2. The largest absolute Gasteiger partial charge is 0.352 e. The van der Waals surface area contributed by atoms with E-state index in [4.69, 9.17) is 0 Å². The van der Waals surface area contributed by atoms with Gasteiger partial charge in [-0.3, -0.25) is 13.9 Å². The van der Waals surface area contributed by atoms with E-state index < -0.39 is 34.3 Å². The van der Waals surface area contributed by atoms with Gasteiger partial charge in [0.1, 0.15) is 18.4 Å². The molecule has 0 saturated heterocycles. The zero-order valence-electron chi connectivity index (χ0n) is 25.4. The van der Waals surface area contributed by atoms with Gasteiger partial charge in [0.25, 0.3) is 10.0 Å². The third-order valence-electron chi connectivity index (χ3n) is 7.18. The summed E-state index contributed by atoms with van der Waals surface area (Å²) in [5, 5.41) is 2.94. The van der Waals surface area contributed by atoms with Gasteiger partial charge in [0.05, 0.1) is 10.6 Å². The maximum absolute atomic E-state index is 14.4. The van der Waals surface area contributed by atoms with Gasteiger partial charge < -0.3 is 10.2 Å². The van der Waals surface area contributed by atoms with Crippen LogP contribution in [0.2, 0.25) is 0 Å². The number of anilines is 1. The molecular weight excluding hydrogens is 577 g/mol. The average Bonchev–Trinajstić information content (AvgIpc) is 2.99. The Morgan fingerprint density at radius 2 is 1.34 bits per heavy atom. The summed E-state index contributed by atoms with van der Waals surface area (Å²) < 4.78 is 42.9. The number of benzene rings is 4. The second-order valence-corrected chi connectivity index (χ2v) is 13.0. The monoisotopic (exact) mass is 615 g/mol. The SMILES string of the molecule is Cc1ccc(CN(C(=O)CN(c2ccc(F)cc2)S(=O)(=O)c2ccc(C)cc2)C(Cc2ccccc2)C(=O)NC(C)C)cc1. The lowest BCUT2D eigenvalue weighted by atomic mass is 10.0. The first-order chi connectivity index (χ1) is 20.9. The number of halogens is 1. The van der Waals surface area contributed by atoms with Crippen LogP contribution in [-0.2, 0) is 32.6 Å². The first-order valence-corrected chi connectivity index (χ1v) is 15.9. The minimum Gasteiger partial charge on any atom is -0.352 e. The second kappa shape index (κ2) is 14.3. The van der Waals surface area contributed by atoms with E-state index in [-0.39, 0.29) is 35.5 Å². The number of sulfonamides is 1. The Bertz CT molecular complexity index is 1660. The molecule has 0 spiro atoms. The Morgan fingerprint density at radius 1 is 0.773 bits per heavy atom. The molecule has 0 saturated carbocycles. The number of hydrogen-bond acceptors (Lipinski definition) is 4. The van der Waals surface area contributed by atoms with E-state index in [1.54, 1.807) is 12.1 Å². The number of amides is 2. The van der Waals surface area contributed by atoms with E-state index in [1.807, 2.05) is 82.3 Å². The van der Waals surface area contributed by atoms with Crippen molar-refractivity contribution in [2.45, 2.75) is 57.6 Å². The van der Waals surface area contributed by atoms with Gasteiger partial charge in [0.2, 0.25) is 11.8 Å². The van der Waals surface area contributed by atoms with Crippen molar-refractivity contribution in [1.29, 1.82) is 0 Å². The van der Waals surface area contributed by atoms with Crippen LogP contribution in [0.25, 0.3) is 0 Å². The Morgan fingerprint density at radius 3 is 1.91 bits per heavy atom. The number of aryl methyl sites for hydroxylation is 2. The lowest BCUT2D eigenvalue weighted by molar-refractivity contribution is -0.140. The highest BCUT2D eigenvalue weighted by molar-refractivity contribution is 7.92. The standard InChI is InChI=1S/C35H38FN3O4S/c1-25(2)37-35(41)33(22-28-8-6-5-7-9-28)38(23-29-14-10-26(3)11-15-29)34(40)24-39(31-18-16-30(36)17-19-31)44(42,43)32-20-12-27(4)13-21-32/h5-21,25,33H,22-24H2,1-4H3,(H,37,41). The molecule has 0 fully saturated rings. The molecule has 4 aromatic rings. The molecular formula is C35H38FN3O4S. The Labute approximate surface area is 259 Å². The highest BCUT2D eigenvalue weighted by atomic mass is 32.2. The molecule has 0 radical (unpaired) electrons. The Kier molecular flexibility index (Phi) is 10.5. The van der Waals surface area contributed by atoms with Crippen molar-refractivity contribution in [3.63, 3.8) is 0 Å². The van der Waals surface area contributed by atoms with Gasteiger partial charge in [0.15, 0.2) is 0 Å². The lowest BCUT2D eigenvalue weighted by Gasteiger charge is -2.34. The fourth-order valence-corrected chi connectivity index (χ4v) is 6.21. The third kappa shape index (κ3) is 8.32. The highest BCUT2D eigenvalue weighted by Crippen LogP contribution is 2.26. The molecule has 1 atom stereocenters. The van der Waals surface area contributed by atoms with Gasteiger partial charge >= 0.3 is 0 Å². The van der Waals surface area contributed by atoms with E-state index in [0.29, 0.717) is 0 Å². The number of nitrogens with zero attached hydrogens (tertiary/aromatic N) is 2. The van der Waals surface area contributed by atoms with Gasteiger partial charge in [0, 0.05) is 19.0 Å². The molecule has 0 aliphatic rings. The molecule has 44 heavy (non-hydrogen) atoms. The van der Waals surface area contributed by atoms with Crippen molar-refractivity contribution in [3.8, 4) is 0 Å².